The minimum Gasteiger partial charge on any atom is -0.348 e. The first-order valence-corrected chi connectivity index (χ1v) is 8.92. The number of aromatic nitrogens is 2. The van der Waals surface area contributed by atoms with E-state index in [9.17, 15) is 4.79 Å². The number of likely N-dealkylation sites (tertiary alicyclic amines) is 1. The molecular formula is C18H29N5O. The highest BCUT2D eigenvalue weighted by Gasteiger charge is 2.56. The Morgan fingerprint density at radius 3 is 2.71 bits per heavy atom. The van der Waals surface area contributed by atoms with Crippen LogP contribution in [0.1, 0.15) is 26.7 Å². The molecule has 0 aliphatic carbocycles. The second-order valence-electron chi connectivity index (χ2n) is 7.81. The molecule has 3 heterocycles. The Bertz CT molecular complexity index is 576. The molecule has 0 saturated carbocycles. The summed E-state index contributed by atoms with van der Waals surface area (Å²) in [7, 11) is 3.74. The summed E-state index contributed by atoms with van der Waals surface area (Å²) in [6, 6.07) is 1.99. The van der Waals surface area contributed by atoms with Crippen molar-refractivity contribution in [3.8, 4) is 0 Å². The van der Waals surface area contributed by atoms with Crippen LogP contribution in [0.25, 0.3) is 0 Å². The van der Waals surface area contributed by atoms with Gasteiger partial charge in [-0.15, -0.1) is 0 Å². The van der Waals surface area contributed by atoms with E-state index in [2.05, 4.69) is 33.6 Å². The molecule has 2 aliphatic rings. The Morgan fingerprint density at radius 2 is 2.08 bits per heavy atom. The summed E-state index contributed by atoms with van der Waals surface area (Å²) in [6.07, 6.45) is 5.52. The standard InChI is InChI=1S/C18H29N5O/c1-14(2)11-22-12-15-18(13-22,16(24)21(3)4)7-5-10-23(15)17-19-8-6-9-20-17/h6,8-9,14-15H,5,7,10-13H2,1-4H3/t15-,18-/m0/s1. The van der Waals surface area contributed by atoms with E-state index < -0.39 is 0 Å². The van der Waals surface area contributed by atoms with Gasteiger partial charge in [-0.25, -0.2) is 9.97 Å². The fraction of sp³-hybridized carbons (Fsp3) is 0.722. The van der Waals surface area contributed by atoms with Gasteiger partial charge < -0.3 is 9.80 Å². The average Bonchev–Trinajstić information content (AvgIpc) is 2.92. The third-order valence-corrected chi connectivity index (χ3v) is 5.24. The van der Waals surface area contributed by atoms with E-state index in [-0.39, 0.29) is 17.4 Å². The molecule has 24 heavy (non-hydrogen) atoms. The van der Waals surface area contributed by atoms with E-state index in [4.69, 9.17) is 0 Å². The van der Waals surface area contributed by atoms with Gasteiger partial charge in [0.05, 0.1) is 11.5 Å². The van der Waals surface area contributed by atoms with Gasteiger partial charge in [-0.3, -0.25) is 9.69 Å². The van der Waals surface area contributed by atoms with Gasteiger partial charge in [-0.1, -0.05) is 13.8 Å². The maximum atomic E-state index is 13.1. The van der Waals surface area contributed by atoms with E-state index in [0.29, 0.717) is 5.92 Å². The van der Waals surface area contributed by atoms with Gasteiger partial charge in [0.15, 0.2) is 0 Å². The molecule has 2 atom stereocenters. The van der Waals surface area contributed by atoms with Crippen molar-refractivity contribution >= 4 is 11.9 Å². The van der Waals surface area contributed by atoms with Crippen molar-refractivity contribution in [1.82, 2.24) is 19.8 Å². The summed E-state index contributed by atoms with van der Waals surface area (Å²) >= 11 is 0. The Morgan fingerprint density at radius 1 is 1.38 bits per heavy atom. The summed E-state index contributed by atoms with van der Waals surface area (Å²) in [5, 5.41) is 0. The first-order chi connectivity index (χ1) is 11.4. The highest BCUT2D eigenvalue weighted by Crippen LogP contribution is 2.44. The molecule has 0 radical (unpaired) electrons. The predicted octanol–water partition coefficient (Wildman–Crippen LogP) is 1.49. The number of piperidine rings is 1. The third-order valence-electron chi connectivity index (χ3n) is 5.24. The largest absolute Gasteiger partial charge is 0.348 e. The highest BCUT2D eigenvalue weighted by atomic mass is 16.2. The molecule has 6 nitrogen and oxygen atoms in total. The SMILES string of the molecule is CC(C)CN1C[C@@H]2N(c3ncccn3)CCC[C@]2(C(=O)N(C)C)C1. The molecule has 2 aliphatic heterocycles. The summed E-state index contributed by atoms with van der Waals surface area (Å²) < 4.78 is 0. The van der Waals surface area contributed by atoms with Gasteiger partial charge in [-0.05, 0) is 24.8 Å². The number of carbonyl (C=O) groups excluding carboxylic acids is 1. The molecule has 0 N–H and O–H groups in total. The van der Waals surface area contributed by atoms with E-state index in [0.717, 1.165) is 45.0 Å². The number of anilines is 1. The van der Waals surface area contributed by atoms with Crippen LogP contribution in [0.15, 0.2) is 18.5 Å². The van der Waals surface area contributed by atoms with Crippen molar-refractivity contribution in [2.75, 3.05) is 45.2 Å². The van der Waals surface area contributed by atoms with Gasteiger partial charge in [0.25, 0.3) is 0 Å². The summed E-state index contributed by atoms with van der Waals surface area (Å²) in [5.74, 6) is 1.60. The molecule has 0 aromatic carbocycles. The number of hydrogen-bond donors (Lipinski definition) is 0. The number of nitrogens with zero attached hydrogens (tertiary/aromatic N) is 5. The van der Waals surface area contributed by atoms with Crippen molar-refractivity contribution in [3.63, 3.8) is 0 Å². The zero-order valence-electron chi connectivity index (χ0n) is 15.3. The molecule has 3 rings (SSSR count). The zero-order valence-corrected chi connectivity index (χ0v) is 15.3. The lowest BCUT2D eigenvalue weighted by molar-refractivity contribution is -0.140. The lowest BCUT2D eigenvalue weighted by atomic mass is 9.74. The fourth-order valence-corrected chi connectivity index (χ4v) is 4.45. The van der Waals surface area contributed by atoms with Gasteiger partial charge in [0.1, 0.15) is 0 Å². The number of hydrogen-bond acceptors (Lipinski definition) is 5. The Balaban J connectivity index is 1.95. The Labute approximate surface area is 144 Å². The maximum Gasteiger partial charge on any atom is 0.231 e. The average molecular weight is 331 g/mol. The first kappa shape index (κ1) is 17.1. The smallest absolute Gasteiger partial charge is 0.231 e. The minimum absolute atomic E-state index is 0.155. The molecule has 0 unspecified atom stereocenters. The van der Waals surface area contributed by atoms with Crippen LogP contribution in [0.4, 0.5) is 5.95 Å². The molecule has 6 heteroatoms. The van der Waals surface area contributed by atoms with Crippen LogP contribution in [-0.4, -0.2) is 72.0 Å². The monoisotopic (exact) mass is 331 g/mol. The molecule has 1 amide bonds. The first-order valence-electron chi connectivity index (χ1n) is 8.92. The summed E-state index contributed by atoms with van der Waals surface area (Å²) in [6.45, 7) is 8.18. The van der Waals surface area contributed by atoms with E-state index in [1.807, 2.05) is 20.2 Å². The molecule has 0 spiro atoms. The molecule has 2 saturated heterocycles. The molecule has 0 bridgehead atoms. The van der Waals surface area contributed by atoms with Crippen molar-refractivity contribution in [2.45, 2.75) is 32.7 Å². The minimum atomic E-state index is -0.337. The number of amides is 1. The summed E-state index contributed by atoms with van der Waals surface area (Å²) in [4.78, 5) is 28.5. The molecule has 1 aromatic heterocycles. The van der Waals surface area contributed by atoms with Crippen molar-refractivity contribution in [1.29, 1.82) is 0 Å². The Hall–Kier alpha value is -1.69. The molecule has 132 valence electrons. The van der Waals surface area contributed by atoms with Crippen LogP contribution in [-0.2, 0) is 4.79 Å². The van der Waals surface area contributed by atoms with Gasteiger partial charge >= 0.3 is 0 Å². The normalized spacial score (nSPS) is 27.4. The van der Waals surface area contributed by atoms with Crippen LogP contribution in [0.2, 0.25) is 0 Å². The van der Waals surface area contributed by atoms with E-state index >= 15 is 0 Å². The zero-order chi connectivity index (χ0) is 17.3. The van der Waals surface area contributed by atoms with Crippen LogP contribution >= 0.6 is 0 Å². The second-order valence-corrected chi connectivity index (χ2v) is 7.81. The molecule has 2 fully saturated rings. The van der Waals surface area contributed by atoms with E-state index in [1.165, 1.54) is 0 Å². The number of rotatable bonds is 4. The third kappa shape index (κ3) is 2.99. The Kier molecular flexibility index (Phi) is 4.76. The van der Waals surface area contributed by atoms with Crippen LogP contribution in [0.5, 0.6) is 0 Å². The highest BCUT2D eigenvalue weighted by molar-refractivity contribution is 5.85. The van der Waals surface area contributed by atoms with Crippen LogP contribution < -0.4 is 4.90 Å². The van der Waals surface area contributed by atoms with Crippen molar-refractivity contribution < 1.29 is 4.79 Å². The number of fused-ring (bicyclic) bond motifs is 1. The molecular weight excluding hydrogens is 302 g/mol. The molecule has 1 aromatic rings. The van der Waals surface area contributed by atoms with Crippen LogP contribution in [0.3, 0.4) is 0 Å². The van der Waals surface area contributed by atoms with Crippen LogP contribution in [0, 0.1) is 11.3 Å². The summed E-state index contributed by atoms with van der Waals surface area (Å²) in [5.41, 5.74) is -0.337. The fourth-order valence-electron chi connectivity index (χ4n) is 4.45. The number of carbonyl (C=O) groups is 1. The van der Waals surface area contributed by atoms with Gasteiger partial charge in [0, 0.05) is 52.7 Å². The lowest BCUT2D eigenvalue weighted by Crippen LogP contribution is -2.58. The van der Waals surface area contributed by atoms with E-state index in [1.54, 1.807) is 17.3 Å². The second kappa shape index (κ2) is 6.67. The predicted molar refractivity (Wildman–Crippen MR) is 94.8 cm³/mol. The van der Waals surface area contributed by atoms with Crippen molar-refractivity contribution in [3.05, 3.63) is 18.5 Å². The topological polar surface area (TPSA) is 52.6 Å². The quantitative estimate of drug-likeness (QED) is 0.837. The lowest BCUT2D eigenvalue weighted by Gasteiger charge is -2.45. The maximum absolute atomic E-state index is 13.1. The van der Waals surface area contributed by atoms with Crippen molar-refractivity contribution in [2.24, 2.45) is 11.3 Å². The van der Waals surface area contributed by atoms with Gasteiger partial charge in [0.2, 0.25) is 11.9 Å². The van der Waals surface area contributed by atoms with Gasteiger partial charge in [-0.2, -0.15) is 0 Å².